The van der Waals surface area contributed by atoms with Crippen molar-refractivity contribution in [3.8, 4) is 0 Å². The van der Waals surface area contributed by atoms with Crippen molar-refractivity contribution >= 4 is 23.1 Å². The Bertz CT molecular complexity index is 909. The Labute approximate surface area is 152 Å². The molecule has 0 radical (unpaired) electrons. The Hall–Kier alpha value is -3.21. The zero-order valence-corrected chi connectivity index (χ0v) is 14.7. The standard InChI is InChI=1S/C21H20FN3O/c1-3-25(18-9-4-6-15(2)12-18)19-10-11-20(23-14-19)24-21(26)16-7-5-8-17(22)13-16/h4-14H,3H2,1-2H3,(H,23,24,26). The molecule has 0 saturated heterocycles. The van der Waals surface area contributed by atoms with E-state index in [-0.39, 0.29) is 5.56 Å². The van der Waals surface area contributed by atoms with Gasteiger partial charge >= 0.3 is 0 Å². The summed E-state index contributed by atoms with van der Waals surface area (Å²) in [6, 6.07) is 17.4. The van der Waals surface area contributed by atoms with E-state index in [4.69, 9.17) is 0 Å². The average molecular weight is 349 g/mol. The van der Waals surface area contributed by atoms with E-state index in [0.29, 0.717) is 5.82 Å². The number of nitrogens with zero attached hydrogens (tertiary/aromatic N) is 2. The molecule has 2 aromatic carbocycles. The lowest BCUT2D eigenvalue weighted by Crippen LogP contribution is -2.17. The summed E-state index contributed by atoms with van der Waals surface area (Å²) in [6.45, 7) is 4.92. The normalized spacial score (nSPS) is 10.4. The van der Waals surface area contributed by atoms with Gasteiger partial charge in [0.1, 0.15) is 11.6 Å². The third-order valence-electron chi connectivity index (χ3n) is 4.02. The van der Waals surface area contributed by atoms with Gasteiger partial charge in [0.05, 0.1) is 11.9 Å². The molecule has 0 saturated carbocycles. The molecule has 1 heterocycles. The molecule has 0 aliphatic rings. The van der Waals surface area contributed by atoms with E-state index in [1.54, 1.807) is 18.3 Å². The number of amides is 1. The fraction of sp³-hybridized carbons (Fsp3) is 0.143. The van der Waals surface area contributed by atoms with Crippen molar-refractivity contribution in [3.63, 3.8) is 0 Å². The lowest BCUT2D eigenvalue weighted by molar-refractivity contribution is 0.102. The van der Waals surface area contributed by atoms with Crippen LogP contribution in [-0.4, -0.2) is 17.4 Å². The minimum absolute atomic E-state index is 0.255. The fourth-order valence-electron chi connectivity index (χ4n) is 2.75. The van der Waals surface area contributed by atoms with Crippen LogP contribution in [0, 0.1) is 12.7 Å². The van der Waals surface area contributed by atoms with Crippen molar-refractivity contribution in [1.29, 1.82) is 0 Å². The Balaban J connectivity index is 1.76. The van der Waals surface area contributed by atoms with Crippen LogP contribution < -0.4 is 10.2 Å². The number of rotatable bonds is 5. The molecule has 0 unspecified atom stereocenters. The van der Waals surface area contributed by atoms with Gasteiger partial charge in [-0.2, -0.15) is 0 Å². The minimum Gasteiger partial charge on any atom is -0.341 e. The first kappa shape index (κ1) is 17.6. The molecular weight excluding hydrogens is 329 g/mol. The van der Waals surface area contributed by atoms with Crippen LogP contribution in [0.3, 0.4) is 0 Å². The zero-order chi connectivity index (χ0) is 18.5. The molecule has 0 aliphatic heterocycles. The summed E-state index contributed by atoms with van der Waals surface area (Å²) in [5, 5.41) is 2.68. The van der Waals surface area contributed by atoms with Gasteiger partial charge in [0.2, 0.25) is 0 Å². The number of nitrogens with one attached hydrogen (secondary N) is 1. The van der Waals surface area contributed by atoms with Gasteiger partial charge in [-0.25, -0.2) is 9.37 Å². The van der Waals surface area contributed by atoms with Gasteiger partial charge in [0.25, 0.3) is 5.91 Å². The number of pyridine rings is 1. The predicted molar refractivity (Wildman–Crippen MR) is 102 cm³/mol. The topological polar surface area (TPSA) is 45.2 Å². The van der Waals surface area contributed by atoms with Crippen molar-refractivity contribution < 1.29 is 9.18 Å². The van der Waals surface area contributed by atoms with Crippen molar-refractivity contribution in [2.24, 2.45) is 0 Å². The minimum atomic E-state index is -0.447. The van der Waals surface area contributed by atoms with Crippen LogP contribution in [0.2, 0.25) is 0 Å². The lowest BCUT2D eigenvalue weighted by Gasteiger charge is -2.23. The summed E-state index contributed by atoms with van der Waals surface area (Å²) in [4.78, 5) is 18.6. The summed E-state index contributed by atoms with van der Waals surface area (Å²) in [5.74, 6) is -0.420. The molecule has 4 nitrogen and oxygen atoms in total. The van der Waals surface area contributed by atoms with Gasteiger partial charge in [-0.15, -0.1) is 0 Å². The quantitative estimate of drug-likeness (QED) is 0.710. The first-order valence-electron chi connectivity index (χ1n) is 8.44. The smallest absolute Gasteiger partial charge is 0.256 e. The molecule has 0 aliphatic carbocycles. The molecule has 0 fully saturated rings. The number of benzene rings is 2. The molecule has 0 atom stereocenters. The third kappa shape index (κ3) is 4.06. The van der Waals surface area contributed by atoms with Gasteiger partial charge < -0.3 is 10.2 Å². The van der Waals surface area contributed by atoms with E-state index < -0.39 is 11.7 Å². The average Bonchev–Trinajstić information content (AvgIpc) is 2.64. The summed E-state index contributed by atoms with van der Waals surface area (Å²) in [5.41, 5.74) is 3.46. The summed E-state index contributed by atoms with van der Waals surface area (Å²) < 4.78 is 13.2. The summed E-state index contributed by atoms with van der Waals surface area (Å²) in [6.07, 6.45) is 1.72. The molecule has 1 amide bonds. The molecular formula is C21H20FN3O. The first-order chi connectivity index (χ1) is 12.6. The van der Waals surface area contributed by atoms with Gasteiger partial charge in [-0.1, -0.05) is 18.2 Å². The van der Waals surface area contributed by atoms with Crippen LogP contribution in [0.5, 0.6) is 0 Å². The van der Waals surface area contributed by atoms with E-state index in [2.05, 4.69) is 47.2 Å². The fourth-order valence-corrected chi connectivity index (χ4v) is 2.75. The van der Waals surface area contributed by atoms with E-state index in [1.165, 1.54) is 23.8 Å². The SMILES string of the molecule is CCN(c1ccc(NC(=O)c2cccc(F)c2)nc1)c1cccc(C)c1. The number of halogens is 1. The maximum atomic E-state index is 13.2. The van der Waals surface area contributed by atoms with Crippen LogP contribution in [0.1, 0.15) is 22.8 Å². The number of hydrogen-bond acceptors (Lipinski definition) is 3. The predicted octanol–water partition coefficient (Wildman–Crippen LogP) is 4.94. The van der Waals surface area contributed by atoms with E-state index >= 15 is 0 Å². The van der Waals surface area contributed by atoms with Crippen molar-refractivity contribution in [3.05, 3.63) is 83.8 Å². The van der Waals surface area contributed by atoms with E-state index in [1.807, 2.05) is 12.1 Å². The Kier molecular flexibility index (Phi) is 5.27. The number of aryl methyl sites for hydroxylation is 1. The van der Waals surface area contributed by atoms with Crippen molar-refractivity contribution in [1.82, 2.24) is 4.98 Å². The number of hydrogen-bond donors (Lipinski definition) is 1. The Morgan fingerprint density at radius 1 is 1.08 bits per heavy atom. The number of aromatic nitrogens is 1. The molecule has 26 heavy (non-hydrogen) atoms. The van der Waals surface area contributed by atoms with Crippen LogP contribution in [-0.2, 0) is 0 Å². The highest BCUT2D eigenvalue weighted by Crippen LogP contribution is 2.26. The van der Waals surface area contributed by atoms with E-state index in [9.17, 15) is 9.18 Å². The second-order valence-electron chi connectivity index (χ2n) is 5.95. The number of anilines is 3. The van der Waals surface area contributed by atoms with Crippen LogP contribution in [0.15, 0.2) is 66.9 Å². The van der Waals surface area contributed by atoms with Crippen molar-refractivity contribution in [2.75, 3.05) is 16.8 Å². The van der Waals surface area contributed by atoms with Crippen LogP contribution in [0.4, 0.5) is 21.6 Å². The Morgan fingerprint density at radius 2 is 1.88 bits per heavy atom. The second-order valence-corrected chi connectivity index (χ2v) is 5.95. The van der Waals surface area contributed by atoms with Crippen LogP contribution >= 0.6 is 0 Å². The number of carbonyl (C=O) groups excluding carboxylic acids is 1. The molecule has 3 rings (SSSR count). The monoisotopic (exact) mass is 349 g/mol. The molecule has 3 aromatic rings. The molecule has 1 N–H and O–H groups in total. The first-order valence-corrected chi connectivity index (χ1v) is 8.44. The molecule has 1 aromatic heterocycles. The highest BCUT2D eigenvalue weighted by atomic mass is 19.1. The lowest BCUT2D eigenvalue weighted by atomic mass is 10.2. The largest absolute Gasteiger partial charge is 0.341 e. The summed E-state index contributed by atoms with van der Waals surface area (Å²) >= 11 is 0. The van der Waals surface area contributed by atoms with Crippen LogP contribution in [0.25, 0.3) is 0 Å². The van der Waals surface area contributed by atoms with Gasteiger partial charge in [0, 0.05) is 17.8 Å². The van der Waals surface area contributed by atoms with E-state index in [0.717, 1.165) is 17.9 Å². The number of carbonyl (C=O) groups is 1. The van der Waals surface area contributed by atoms with Gasteiger partial charge in [-0.05, 0) is 61.9 Å². The highest BCUT2D eigenvalue weighted by molar-refractivity contribution is 6.03. The van der Waals surface area contributed by atoms with Gasteiger partial charge in [-0.3, -0.25) is 4.79 Å². The van der Waals surface area contributed by atoms with Gasteiger partial charge in [0.15, 0.2) is 0 Å². The maximum Gasteiger partial charge on any atom is 0.256 e. The molecule has 0 bridgehead atoms. The van der Waals surface area contributed by atoms with Crippen molar-refractivity contribution in [2.45, 2.75) is 13.8 Å². The molecule has 5 heteroatoms. The molecule has 132 valence electrons. The second kappa shape index (κ2) is 7.78. The third-order valence-corrected chi connectivity index (χ3v) is 4.02. The Morgan fingerprint density at radius 3 is 2.54 bits per heavy atom. The highest BCUT2D eigenvalue weighted by Gasteiger charge is 2.10. The molecule has 0 spiro atoms. The zero-order valence-electron chi connectivity index (χ0n) is 14.7. The summed E-state index contributed by atoms with van der Waals surface area (Å²) in [7, 11) is 0. The maximum absolute atomic E-state index is 13.2.